The zero-order valence-corrected chi connectivity index (χ0v) is 19.7. The van der Waals surface area contributed by atoms with Gasteiger partial charge < -0.3 is 29.7 Å². The first kappa shape index (κ1) is 23.7. The van der Waals surface area contributed by atoms with Crippen LogP contribution in [-0.2, 0) is 17.9 Å². The van der Waals surface area contributed by atoms with Crippen molar-refractivity contribution in [3.63, 3.8) is 0 Å². The Balaban J connectivity index is 1.65. The van der Waals surface area contributed by atoms with Crippen LogP contribution in [0.2, 0.25) is 0 Å². The van der Waals surface area contributed by atoms with Gasteiger partial charge in [0.1, 0.15) is 11.5 Å². The van der Waals surface area contributed by atoms with Crippen molar-refractivity contribution in [3.8, 4) is 11.5 Å². The summed E-state index contributed by atoms with van der Waals surface area (Å²) in [5, 5.41) is 6.99. The first-order chi connectivity index (χ1) is 15.7. The molecule has 0 bridgehead atoms. The predicted octanol–water partition coefficient (Wildman–Crippen LogP) is 3.57. The highest BCUT2D eigenvalue weighted by atomic mass is 16.5. The zero-order chi connectivity index (χ0) is 22.8. The fourth-order valence-corrected chi connectivity index (χ4v) is 3.83. The summed E-state index contributed by atoms with van der Waals surface area (Å²) < 4.78 is 16.5. The topological polar surface area (TPSA) is 67.4 Å². The Morgan fingerprint density at radius 2 is 1.78 bits per heavy atom. The Kier molecular flexibility index (Phi) is 9.04. The first-order valence-corrected chi connectivity index (χ1v) is 11.3. The highest BCUT2D eigenvalue weighted by molar-refractivity contribution is 5.80. The van der Waals surface area contributed by atoms with E-state index in [1.807, 2.05) is 19.1 Å². The van der Waals surface area contributed by atoms with Crippen LogP contribution < -0.4 is 25.0 Å². The number of benzene rings is 2. The normalized spacial score (nSPS) is 16.2. The van der Waals surface area contributed by atoms with Crippen LogP contribution in [0, 0.1) is 0 Å². The van der Waals surface area contributed by atoms with Gasteiger partial charge in [-0.15, -0.1) is 0 Å². The number of aliphatic imine (C=N–C) groups is 1. The van der Waals surface area contributed by atoms with Crippen molar-refractivity contribution in [2.24, 2.45) is 4.99 Å². The monoisotopic (exact) mass is 440 g/mol. The average molecular weight is 441 g/mol. The maximum atomic E-state index is 5.61. The number of methoxy groups -OCH3 is 2. The number of nitrogens with one attached hydrogen (secondary N) is 2. The lowest BCUT2D eigenvalue weighted by Crippen LogP contribution is -2.44. The number of anilines is 1. The molecule has 7 heteroatoms. The van der Waals surface area contributed by atoms with Crippen molar-refractivity contribution >= 4 is 11.6 Å². The number of nitrogens with zero attached hydrogens (tertiary/aromatic N) is 2. The molecule has 2 aromatic rings. The van der Waals surface area contributed by atoms with Crippen LogP contribution >= 0.6 is 0 Å². The molecule has 174 valence electrons. The van der Waals surface area contributed by atoms with Crippen molar-refractivity contribution in [2.75, 3.05) is 45.4 Å². The van der Waals surface area contributed by atoms with Gasteiger partial charge in [-0.2, -0.15) is 0 Å². The number of rotatable bonds is 10. The van der Waals surface area contributed by atoms with Gasteiger partial charge in [-0.05, 0) is 31.4 Å². The Morgan fingerprint density at radius 1 is 1.06 bits per heavy atom. The highest BCUT2D eigenvalue weighted by Crippen LogP contribution is 2.30. The second kappa shape index (κ2) is 12.2. The summed E-state index contributed by atoms with van der Waals surface area (Å²) >= 11 is 0. The summed E-state index contributed by atoms with van der Waals surface area (Å²) in [7, 11) is 3.36. The summed E-state index contributed by atoms with van der Waals surface area (Å²) in [4.78, 5) is 7.20. The van der Waals surface area contributed by atoms with E-state index in [0.717, 1.165) is 49.2 Å². The molecule has 1 atom stereocenters. The molecule has 1 unspecified atom stereocenters. The third kappa shape index (κ3) is 6.53. The van der Waals surface area contributed by atoms with Crippen LogP contribution in [0.1, 0.15) is 31.4 Å². The smallest absolute Gasteiger partial charge is 0.191 e. The molecule has 3 rings (SSSR count). The molecule has 1 heterocycles. The van der Waals surface area contributed by atoms with Crippen molar-refractivity contribution < 1.29 is 14.2 Å². The maximum Gasteiger partial charge on any atom is 0.191 e. The number of ether oxygens (including phenoxy) is 3. The largest absolute Gasteiger partial charge is 0.497 e. The third-order valence-electron chi connectivity index (χ3n) is 5.56. The van der Waals surface area contributed by atoms with Crippen molar-refractivity contribution in [1.82, 2.24) is 10.6 Å². The summed E-state index contributed by atoms with van der Waals surface area (Å²) in [6.45, 7) is 8.71. The second-order valence-electron chi connectivity index (χ2n) is 7.75. The molecule has 1 saturated heterocycles. The lowest BCUT2D eigenvalue weighted by Gasteiger charge is -2.21. The summed E-state index contributed by atoms with van der Waals surface area (Å²) in [6, 6.07) is 14.6. The Bertz CT molecular complexity index is 865. The molecule has 32 heavy (non-hydrogen) atoms. The fraction of sp³-hybridized carbons (Fsp3) is 0.480. The van der Waals surface area contributed by atoms with Gasteiger partial charge in [0.2, 0.25) is 0 Å². The minimum atomic E-state index is 0.309. The van der Waals surface area contributed by atoms with Crippen molar-refractivity contribution in [3.05, 3.63) is 53.6 Å². The third-order valence-corrected chi connectivity index (χ3v) is 5.56. The molecular weight excluding hydrogens is 404 g/mol. The molecule has 0 aromatic heterocycles. The molecule has 0 saturated carbocycles. The quantitative estimate of drug-likeness (QED) is 0.435. The number of guanidine groups is 1. The fourth-order valence-electron chi connectivity index (χ4n) is 3.83. The first-order valence-electron chi connectivity index (χ1n) is 11.3. The molecule has 7 nitrogen and oxygen atoms in total. The van der Waals surface area contributed by atoms with E-state index >= 15 is 0 Å². The Morgan fingerprint density at radius 3 is 2.44 bits per heavy atom. The van der Waals surface area contributed by atoms with Gasteiger partial charge in [0, 0.05) is 56.2 Å². The number of hydrogen-bond acceptors (Lipinski definition) is 5. The van der Waals surface area contributed by atoms with Gasteiger partial charge in [0.15, 0.2) is 5.96 Å². The van der Waals surface area contributed by atoms with E-state index in [9.17, 15) is 0 Å². The van der Waals surface area contributed by atoms with E-state index in [2.05, 4.69) is 52.8 Å². The molecule has 1 aliphatic rings. The molecule has 0 radical (unpaired) electrons. The highest BCUT2D eigenvalue weighted by Gasteiger charge is 2.24. The molecule has 1 aliphatic heterocycles. The Labute approximate surface area is 191 Å². The van der Waals surface area contributed by atoms with Gasteiger partial charge in [0.05, 0.1) is 27.4 Å². The minimum Gasteiger partial charge on any atom is -0.497 e. The van der Waals surface area contributed by atoms with Crippen LogP contribution in [0.3, 0.4) is 0 Å². The van der Waals surface area contributed by atoms with E-state index in [1.54, 1.807) is 14.2 Å². The van der Waals surface area contributed by atoms with Gasteiger partial charge in [0.25, 0.3) is 0 Å². The summed E-state index contributed by atoms with van der Waals surface area (Å²) in [6.07, 6.45) is 1.03. The van der Waals surface area contributed by atoms with Gasteiger partial charge in [-0.25, -0.2) is 4.99 Å². The second-order valence-corrected chi connectivity index (χ2v) is 7.75. The lowest BCUT2D eigenvalue weighted by molar-refractivity contribution is 0.133. The van der Waals surface area contributed by atoms with Gasteiger partial charge >= 0.3 is 0 Å². The molecule has 0 aliphatic carbocycles. The summed E-state index contributed by atoms with van der Waals surface area (Å²) in [5.74, 6) is 2.45. The van der Waals surface area contributed by atoms with E-state index in [0.29, 0.717) is 25.8 Å². The van der Waals surface area contributed by atoms with E-state index in [-0.39, 0.29) is 0 Å². The zero-order valence-electron chi connectivity index (χ0n) is 19.7. The van der Waals surface area contributed by atoms with Gasteiger partial charge in [-0.1, -0.05) is 24.3 Å². The van der Waals surface area contributed by atoms with Gasteiger partial charge in [-0.3, -0.25) is 0 Å². The van der Waals surface area contributed by atoms with E-state index in [4.69, 9.17) is 19.2 Å². The molecular formula is C25H36N4O3. The van der Waals surface area contributed by atoms with Crippen LogP contribution in [-0.4, -0.2) is 52.5 Å². The van der Waals surface area contributed by atoms with E-state index < -0.39 is 0 Å². The summed E-state index contributed by atoms with van der Waals surface area (Å²) in [5.41, 5.74) is 3.49. The SMILES string of the molecule is CCNC(=NCc1ccccc1COCC)NC1CCN(c2cc(OC)cc(OC)c2)C1. The molecule has 0 spiro atoms. The average Bonchev–Trinajstić information content (AvgIpc) is 3.30. The Hall–Kier alpha value is -2.93. The molecule has 0 amide bonds. The van der Waals surface area contributed by atoms with E-state index in [1.165, 1.54) is 11.1 Å². The van der Waals surface area contributed by atoms with Crippen LogP contribution in [0.15, 0.2) is 47.5 Å². The lowest BCUT2D eigenvalue weighted by atomic mass is 10.1. The molecule has 1 fully saturated rings. The van der Waals surface area contributed by atoms with Crippen molar-refractivity contribution in [1.29, 1.82) is 0 Å². The predicted molar refractivity (Wildman–Crippen MR) is 130 cm³/mol. The van der Waals surface area contributed by atoms with Crippen LogP contribution in [0.25, 0.3) is 0 Å². The number of hydrogen-bond donors (Lipinski definition) is 2. The maximum absolute atomic E-state index is 5.61. The minimum absolute atomic E-state index is 0.309. The standard InChI is InChI=1S/C25H36N4O3/c1-5-26-25(27-16-19-9-7-8-10-20(19)18-32-6-2)28-21-11-12-29(17-21)22-13-23(30-3)15-24(14-22)31-4/h7-10,13-15,21H,5-6,11-12,16-18H2,1-4H3,(H2,26,27,28). The molecule has 2 N–H and O–H groups in total. The molecule has 2 aromatic carbocycles. The van der Waals surface area contributed by atoms with Crippen LogP contribution in [0.4, 0.5) is 5.69 Å². The van der Waals surface area contributed by atoms with Crippen LogP contribution in [0.5, 0.6) is 11.5 Å². The van der Waals surface area contributed by atoms with Crippen molar-refractivity contribution in [2.45, 2.75) is 39.5 Å².